The Labute approximate surface area is 180 Å². The van der Waals surface area contributed by atoms with Crippen molar-refractivity contribution in [2.24, 2.45) is 5.16 Å². The molecule has 2 aliphatic heterocycles. The number of oxime groups is 1. The van der Waals surface area contributed by atoms with E-state index in [0.717, 1.165) is 4.90 Å². The third-order valence-corrected chi connectivity index (χ3v) is 6.90. The van der Waals surface area contributed by atoms with Crippen LogP contribution in [0, 0.1) is 0 Å². The first-order valence-electron chi connectivity index (χ1n) is 8.41. The van der Waals surface area contributed by atoms with Crippen molar-refractivity contribution in [2.75, 3.05) is 25.2 Å². The van der Waals surface area contributed by atoms with Crippen LogP contribution in [0.5, 0.6) is 0 Å². The number of carbonyl (C=O) groups excluding carboxylic acids is 3. The van der Waals surface area contributed by atoms with Gasteiger partial charge in [-0.25, -0.2) is 0 Å². The molecule has 2 amide bonds. The zero-order chi connectivity index (χ0) is 22.0. The number of esters is 1. The maximum atomic E-state index is 12.7. The van der Waals surface area contributed by atoms with Crippen LogP contribution in [0.1, 0.15) is 12.6 Å². The number of thioether (sulfide) groups is 1. The standard InChI is InChI=1S/C16H17N5O7SSe/c1-6(22)28-3-7-4-29-14-10(13(24)21(14)11(7)15(25)26)19-12(23)9(20-27-2)8-5-30-16(17)18-8/h5,10,14H,3-4H2,1-2H3,(H2,17,18)(H,19,23)(H,25,26)/t10-,14-/m1/s1. The number of fused-ring (bicyclic) bond motifs is 1. The van der Waals surface area contributed by atoms with Crippen LogP contribution in [0.25, 0.3) is 0 Å². The molecule has 14 heteroatoms. The van der Waals surface area contributed by atoms with Gasteiger partial charge < -0.3 is 0 Å². The van der Waals surface area contributed by atoms with Gasteiger partial charge in [-0.1, -0.05) is 0 Å². The van der Waals surface area contributed by atoms with Crippen molar-refractivity contribution in [3.63, 3.8) is 0 Å². The van der Waals surface area contributed by atoms with E-state index in [4.69, 9.17) is 15.3 Å². The molecule has 160 valence electrons. The number of nitrogens with zero attached hydrogens (tertiary/aromatic N) is 3. The minimum atomic E-state index is -1.31. The predicted molar refractivity (Wildman–Crippen MR) is 105 cm³/mol. The summed E-state index contributed by atoms with van der Waals surface area (Å²) >= 11 is 1.05. The second-order valence-electron chi connectivity index (χ2n) is 6.09. The van der Waals surface area contributed by atoms with E-state index in [1.54, 1.807) is 4.94 Å². The molecule has 1 aromatic heterocycles. The van der Waals surface area contributed by atoms with Crippen molar-refractivity contribution in [3.05, 3.63) is 21.9 Å². The van der Waals surface area contributed by atoms with E-state index in [2.05, 4.69) is 15.5 Å². The molecule has 2 aliphatic rings. The third-order valence-electron chi connectivity index (χ3n) is 4.15. The fraction of sp³-hybridized carbons (Fsp3) is 0.375. The molecular weight excluding hydrogens is 485 g/mol. The fourth-order valence-corrected chi connectivity index (χ4v) is 5.36. The minimum absolute atomic E-state index is 0.128. The number of carbonyl (C=O) groups is 4. The number of nitrogens with two attached hydrogens (primary N) is 1. The van der Waals surface area contributed by atoms with E-state index < -0.39 is 35.2 Å². The number of carboxylic acid groups (broad SMARTS) is 1. The first kappa shape index (κ1) is 21.9. The van der Waals surface area contributed by atoms with Gasteiger partial charge in [0.1, 0.15) is 0 Å². The van der Waals surface area contributed by atoms with E-state index in [9.17, 15) is 24.3 Å². The van der Waals surface area contributed by atoms with Crippen molar-refractivity contribution in [1.82, 2.24) is 15.2 Å². The summed E-state index contributed by atoms with van der Waals surface area (Å²) in [7, 11) is 1.27. The molecule has 0 spiro atoms. The number of hydrogen-bond donors (Lipinski definition) is 3. The van der Waals surface area contributed by atoms with Crippen molar-refractivity contribution in [3.8, 4) is 0 Å². The zero-order valence-corrected chi connectivity index (χ0v) is 18.3. The summed E-state index contributed by atoms with van der Waals surface area (Å²) in [5, 5.41) is 15.2. The Morgan fingerprint density at radius 2 is 2.23 bits per heavy atom. The number of aromatic nitrogens is 1. The maximum absolute atomic E-state index is 12.7. The van der Waals surface area contributed by atoms with E-state index >= 15 is 0 Å². The van der Waals surface area contributed by atoms with Crippen molar-refractivity contribution in [2.45, 2.75) is 18.3 Å². The Kier molecular flexibility index (Phi) is 6.48. The molecule has 0 aliphatic carbocycles. The van der Waals surface area contributed by atoms with E-state index in [1.807, 2.05) is 0 Å². The molecule has 1 fully saturated rings. The fourth-order valence-electron chi connectivity index (χ4n) is 2.88. The molecule has 2 atom stereocenters. The molecule has 0 aromatic carbocycles. The van der Waals surface area contributed by atoms with Gasteiger partial charge in [0.25, 0.3) is 0 Å². The number of amides is 2. The monoisotopic (exact) mass is 503 g/mol. The van der Waals surface area contributed by atoms with Crippen molar-refractivity contribution >= 4 is 60.4 Å². The second-order valence-corrected chi connectivity index (χ2v) is 9.06. The average Bonchev–Trinajstić information content (AvgIpc) is 3.13. The Bertz CT molecular complexity index is 975. The summed E-state index contributed by atoms with van der Waals surface area (Å²) in [6, 6.07) is -0.956. The average molecular weight is 502 g/mol. The van der Waals surface area contributed by atoms with Crippen molar-refractivity contribution in [1.29, 1.82) is 0 Å². The van der Waals surface area contributed by atoms with Gasteiger partial charge in [0.15, 0.2) is 0 Å². The van der Waals surface area contributed by atoms with Gasteiger partial charge in [0.2, 0.25) is 0 Å². The number of nitrogen functional groups attached to an aromatic ring is 1. The van der Waals surface area contributed by atoms with E-state index in [-0.39, 0.29) is 44.0 Å². The van der Waals surface area contributed by atoms with E-state index in [1.165, 1.54) is 25.8 Å². The topological polar surface area (TPSA) is 174 Å². The molecule has 30 heavy (non-hydrogen) atoms. The van der Waals surface area contributed by atoms with Crippen LogP contribution < -0.4 is 11.1 Å². The van der Waals surface area contributed by atoms with Crippen LogP contribution in [0.2, 0.25) is 0 Å². The number of nitrogens with one attached hydrogen (secondary N) is 1. The Balaban J connectivity index is 1.77. The number of anilines is 1. The molecule has 0 bridgehead atoms. The predicted octanol–water partition coefficient (Wildman–Crippen LogP) is -1.63. The first-order valence-corrected chi connectivity index (χ1v) is 11.3. The summed E-state index contributed by atoms with van der Waals surface area (Å²) in [5.74, 6) is -2.94. The summed E-state index contributed by atoms with van der Waals surface area (Å²) < 4.78 is 5.26. The molecule has 4 N–H and O–H groups in total. The number of rotatable bonds is 7. The quantitative estimate of drug-likeness (QED) is 0.129. The number of hydrogen-bond acceptors (Lipinski definition) is 10. The molecule has 0 radical (unpaired) electrons. The number of carboxylic acids is 1. The first-order chi connectivity index (χ1) is 14.2. The molecule has 12 nitrogen and oxygen atoms in total. The molecule has 3 heterocycles. The summed E-state index contributed by atoms with van der Waals surface area (Å²) in [4.78, 5) is 59.6. The van der Waals surface area contributed by atoms with Gasteiger partial charge in [-0.15, -0.1) is 0 Å². The van der Waals surface area contributed by atoms with Crippen LogP contribution >= 0.6 is 11.8 Å². The Morgan fingerprint density at radius 1 is 1.50 bits per heavy atom. The van der Waals surface area contributed by atoms with Gasteiger partial charge in [0, 0.05) is 6.92 Å². The Hall–Kier alpha value is -2.83. The van der Waals surface area contributed by atoms with Crippen molar-refractivity contribution < 1.29 is 33.9 Å². The third kappa shape index (κ3) is 4.20. The Morgan fingerprint density at radius 3 is 2.80 bits per heavy atom. The second kappa shape index (κ2) is 8.90. The van der Waals surface area contributed by atoms with Crippen LogP contribution in [0.15, 0.2) is 21.4 Å². The van der Waals surface area contributed by atoms with Crippen LogP contribution in [-0.4, -0.2) is 89.8 Å². The van der Waals surface area contributed by atoms with Crippen LogP contribution in [-0.2, 0) is 28.8 Å². The SMILES string of the molecule is CON=C(C(=O)N[C@@H]1C(=O)N2C(C(=O)O)=C(COC(C)=O)CS[C@H]12)c1c[se]c(N)n1. The molecule has 1 saturated heterocycles. The zero-order valence-electron chi connectivity index (χ0n) is 15.8. The van der Waals surface area contributed by atoms with Gasteiger partial charge in [-0.2, -0.15) is 0 Å². The van der Waals surface area contributed by atoms with Gasteiger partial charge >= 0.3 is 168 Å². The molecule has 1 aromatic rings. The number of aliphatic carboxylic acids is 1. The van der Waals surface area contributed by atoms with Gasteiger partial charge in [-0.05, 0) is 0 Å². The summed E-state index contributed by atoms with van der Waals surface area (Å²) in [6.45, 7) is 0.981. The number of ether oxygens (including phenoxy) is 1. The number of β-lactam (4-membered cyclic amide) rings is 1. The van der Waals surface area contributed by atoms with Gasteiger partial charge in [-0.3, -0.25) is 4.79 Å². The molecule has 3 rings (SSSR count). The van der Waals surface area contributed by atoms with Gasteiger partial charge in [0.05, 0.1) is 0 Å². The molecular formula is C16H17N5O7SSe. The normalized spacial score (nSPS) is 20.9. The summed E-state index contributed by atoms with van der Waals surface area (Å²) in [5.41, 5.74) is 5.84. The molecule has 0 unspecified atom stereocenters. The van der Waals surface area contributed by atoms with E-state index in [0.29, 0.717) is 10.3 Å². The molecule has 0 saturated carbocycles. The summed E-state index contributed by atoms with van der Waals surface area (Å²) in [6.07, 6.45) is 0. The van der Waals surface area contributed by atoms with Crippen LogP contribution in [0.3, 0.4) is 0 Å². The van der Waals surface area contributed by atoms with Crippen LogP contribution in [0.4, 0.5) is 4.69 Å².